The summed E-state index contributed by atoms with van der Waals surface area (Å²) in [4.78, 5) is 5.90. The van der Waals surface area contributed by atoms with Crippen LogP contribution < -0.4 is 0 Å². The molecule has 12 heteroatoms. The number of aromatic nitrogens is 1. The first-order chi connectivity index (χ1) is 12.9. The monoisotopic (exact) mass is 381 g/mol. The zero-order valence-corrected chi connectivity index (χ0v) is 13.0. The second kappa shape index (κ2) is 7.08. The van der Waals surface area contributed by atoms with Gasteiger partial charge in [-0.25, -0.2) is 17.6 Å². The van der Waals surface area contributed by atoms with Crippen LogP contribution in [0.5, 0.6) is 0 Å². The number of hydrogen-bond acceptors (Lipinski definition) is 2. The van der Waals surface area contributed by atoms with Gasteiger partial charge in [0, 0.05) is 22.4 Å². The van der Waals surface area contributed by atoms with Gasteiger partial charge >= 0.3 is 7.40 Å². The predicted molar refractivity (Wildman–Crippen MR) is 86.5 cm³/mol. The smallest absolute Gasteiger partial charge is 0.332 e. The van der Waals surface area contributed by atoms with Crippen molar-refractivity contribution in [2.45, 2.75) is 0 Å². The first-order valence-electron chi connectivity index (χ1n) is 7.20. The van der Waals surface area contributed by atoms with Crippen LogP contribution in [0.1, 0.15) is 11.3 Å². The molecule has 1 aliphatic rings. The van der Waals surface area contributed by atoms with Crippen LogP contribution in [0, 0.1) is 23.3 Å². The molecule has 3 rings (SSSR count). The predicted octanol–water partition coefficient (Wildman–Crippen LogP) is 5.16. The zero-order chi connectivity index (χ0) is 19.7. The molecule has 0 spiro atoms. The lowest BCUT2D eigenvalue weighted by Crippen LogP contribution is -2.16. The van der Waals surface area contributed by atoms with E-state index in [2.05, 4.69) is 15.0 Å². The number of nitrogens with zero attached hydrogens (tertiary/aromatic N) is 5. The van der Waals surface area contributed by atoms with Gasteiger partial charge in [-0.3, -0.25) is 13.6 Å². The van der Waals surface area contributed by atoms with Crippen LogP contribution in [0.4, 0.5) is 31.9 Å². The van der Waals surface area contributed by atoms with E-state index in [4.69, 9.17) is 5.53 Å². The van der Waals surface area contributed by atoms with E-state index in [0.717, 1.165) is 12.3 Å². The Morgan fingerprint density at radius 1 is 1.11 bits per heavy atom. The van der Waals surface area contributed by atoms with Gasteiger partial charge in [0.2, 0.25) is 0 Å². The summed E-state index contributed by atoms with van der Waals surface area (Å²) in [6, 6.07) is 2.26. The van der Waals surface area contributed by atoms with Crippen LogP contribution >= 0.6 is 0 Å². The van der Waals surface area contributed by atoms with Crippen LogP contribution in [0.3, 0.4) is 0 Å². The van der Waals surface area contributed by atoms with Gasteiger partial charge in [-0.1, -0.05) is 5.11 Å². The summed E-state index contributed by atoms with van der Waals surface area (Å²) in [6.45, 7) is 0. The molecule has 0 unspecified atom stereocenters. The number of halogens is 6. The third-order valence-electron chi connectivity index (χ3n) is 3.69. The molecule has 2 heterocycles. The van der Waals surface area contributed by atoms with Gasteiger partial charge in [0.05, 0.1) is 11.3 Å². The summed E-state index contributed by atoms with van der Waals surface area (Å²) in [6.07, 6.45) is 4.72. The molecule has 2 aromatic rings. The van der Waals surface area contributed by atoms with Gasteiger partial charge in [0.15, 0.2) is 23.3 Å². The van der Waals surface area contributed by atoms with Crippen LogP contribution in [-0.2, 0) is 0 Å². The molecule has 1 aliphatic heterocycles. The van der Waals surface area contributed by atoms with E-state index >= 15 is 0 Å². The molecule has 0 amide bonds. The molecule has 0 atom stereocenters. The van der Waals surface area contributed by atoms with Crippen LogP contribution in [0.15, 0.2) is 46.3 Å². The van der Waals surface area contributed by atoms with Crippen LogP contribution in [0.2, 0.25) is 0 Å². The Morgan fingerprint density at radius 3 is 2.30 bits per heavy atom. The fraction of sp³-hybridized carbons (Fsp3) is 0. The maximum atomic E-state index is 14.6. The second-order valence-electron chi connectivity index (χ2n) is 5.14. The van der Waals surface area contributed by atoms with E-state index in [1.54, 1.807) is 0 Å². The minimum absolute atomic E-state index is 0.191. The molecule has 1 aromatic heterocycles. The molecule has 27 heavy (non-hydrogen) atoms. The highest BCUT2D eigenvalue weighted by atomic mass is 19.2. The normalized spacial score (nSPS) is 14.4. The summed E-state index contributed by atoms with van der Waals surface area (Å²) in [5.74, 6) is -7.73. The van der Waals surface area contributed by atoms with Crippen LogP contribution in [0.25, 0.3) is 16.0 Å². The fourth-order valence-corrected chi connectivity index (χ4v) is 2.58. The van der Waals surface area contributed by atoms with E-state index < -0.39 is 53.2 Å². The number of benzene rings is 1. The molecule has 136 valence electrons. The van der Waals surface area contributed by atoms with Gasteiger partial charge in [0.1, 0.15) is 5.69 Å². The third-order valence-corrected chi connectivity index (χ3v) is 3.69. The summed E-state index contributed by atoms with van der Waals surface area (Å²) in [7, 11) is -3.09. The lowest BCUT2D eigenvalue weighted by molar-refractivity contribution is 0.453. The topological polar surface area (TPSA) is 66.1 Å². The molecular formula is C15H6BF6N5. The number of rotatable bonds is 4. The van der Waals surface area contributed by atoms with Crippen molar-refractivity contribution in [2.75, 3.05) is 0 Å². The van der Waals surface area contributed by atoms with Gasteiger partial charge in [0.25, 0.3) is 0 Å². The Balaban J connectivity index is 2.42. The molecule has 0 saturated heterocycles. The Hall–Kier alpha value is -3.40. The van der Waals surface area contributed by atoms with Crippen molar-refractivity contribution in [1.82, 2.24) is 4.48 Å². The SMILES string of the molecule is [N-]=[N+]=Nc1c(F)c(F)c(/C(=C2\C=CC=N2)c2cccn2B(F)F)c(F)c1F. The summed E-state index contributed by atoms with van der Waals surface area (Å²) >= 11 is 0. The average Bonchev–Trinajstić information content (AvgIpc) is 3.32. The molecule has 0 saturated carbocycles. The van der Waals surface area contributed by atoms with Crippen molar-refractivity contribution in [3.05, 3.63) is 81.1 Å². The maximum Gasteiger partial charge on any atom is 0.677 e. The Morgan fingerprint density at radius 2 is 1.78 bits per heavy atom. The van der Waals surface area contributed by atoms with Gasteiger partial charge in [-0.15, -0.1) is 0 Å². The molecular weight excluding hydrogens is 375 g/mol. The van der Waals surface area contributed by atoms with E-state index in [9.17, 15) is 26.2 Å². The quantitative estimate of drug-likeness (QED) is 0.175. The summed E-state index contributed by atoms with van der Waals surface area (Å²) in [5.41, 5.74) is 4.35. The zero-order valence-electron chi connectivity index (χ0n) is 13.0. The maximum absolute atomic E-state index is 14.6. The largest absolute Gasteiger partial charge is 0.677 e. The van der Waals surface area contributed by atoms with Crippen molar-refractivity contribution in [2.24, 2.45) is 10.1 Å². The first-order valence-corrected chi connectivity index (χ1v) is 7.20. The standard InChI is InChI=1S/C15H6BF6N5/c17-11-10(12(18)14(20)15(13(11)19)25-26-23)9(7-3-1-5-24-7)8-4-2-6-27(8)16(21)22/h1-6H/b9-7+. The van der Waals surface area contributed by atoms with Crippen molar-refractivity contribution < 1.29 is 26.2 Å². The number of azide groups is 1. The molecule has 0 bridgehead atoms. The van der Waals surface area contributed by atoms with Crippen molar-refractivity contribution in [3.63, 3.8) is 0 Å². The van der Waals surface area contributed by atoms with Crippen molar-refractivity contribution >= 4 is 24.9 Å². The molecule has 1 aromatic carbocycles. The number of allylic oxidation sites excluding steroid dienone is 2. The Kier molecular flexibility index (Phi) is 4.82. The lowest BCUT2D eigenvalue weighted by atomic mass is 9.96. The highest BCUT2D eigenvalue weighted by molar-refractivity contribution is 6.41. The lowest BCUT2D eigenvalue weighted by Gasteiger charge is -2.16. The van der Waals surface area contributed by atoms with Crippen molar-refractivity contribution in [1.29, 1.82) is 0 Å². The van der Waals surface area contributed by atoms with E-state index in [-0.39, 0.29) is 5.70 Å². The van der Waals surface area contributed by atoms with Crippen molar-refractivity contribution in [3.8, 4) is 0 Å². The van der Waals surface area contributed by atoms with E-state index in [0.29, 0.717) is 4.48 Å². The molecule has 5 nitrogen and oxygen atoms in total. The van der Waals surface area contributed by atoms with Gasteiger partial charge in [-0.05, 0) is 36.0 Å². The molecule has 0 radical (unpaired) electrons. The van der Waals surface area contributed by atoms with Gasteiger partial charge < -0.3 is 4.48 Å². The summed E-state index contributed by atoms with van der Waals surface area (Å²) in [5, 5.41) is 2.60. The Bertz CT molecular complexity index is 1020. The van der Waals surface area contributed by atoms with Gasteiger partial charge in [-0.2, -0.15) is 0 Å². The molecule has 0 fully saturated rings. The molecule has 0 N–H and O–H groups in total. The highest BCUT2D eigenvalue weighted by Crippen LogP contribution is 2.39. The van der Waals surface area contributed by atoms with Crippen LogP contribution in [-0.4, -0.2) is 18.1 Å². The highest BCUT2D eigenvalue weighted by Gasteiger charge is 2.32. The number of hydrogen-bond donors (Lipinski definition) is 0. The third kappa shape index (κ3) is 3.00. The second-order valence-corrected chi connectivity index (χ2v) is 5.14. The van der Waals surface area contributed by atoms with E-state index in [1.807, 2.05) is 0 Å². The average molecular weight is 381 g/mol. The fourth-order valence-electron chi connectivity index (χ4n) is 2.58. The Labute approximate surface area is 147 Å². The minimum atomic E-state index is -3.09. The van der Waals surface area contributed by atoms with E-state index in [1.165, 1.54) is 24.4 Å². The summed E-state index contributed by atoms with van der Waals surface area (Å²) < 4.78 is 84.3. The molecule has 0 aliphatic carbocycles. The minimum Gasteiger partial charge on any atom is -0.332 e. The first kappa shape index (κ1) is 18.4. The number of aliphatic imine (C=N–C) groups is 1.